The van der Waals surface area contributed by atoms with Crippen molar-refractivity contribution in [3.05, 3.63) is 93.2 Å². The Bertz CT molecular complexity index is 993. The normalized spacial score (nSPS) is 10.5. The SMILES string of the molecule is O=C(O)c1ccc(Cl)c(NCc2ccc(OCc3ccc(F)cc3Cl)cc2)c1. The highest BCUT2D eigenvalue weighted by Gasteiger charge is 2.07. The molecule has 0 unspecified atom stereocenters. The van der Waals surface area contributed by atoms with Crippen LogP contribution in [0.4, 0.5) is 10.1 Å². The van der Waals surface area contributed by atoms with Crippen LogP contribution in [0, 0.1) is 5.82 Å². The molecule has 0 saturated heterocycles. The van der Waals surface area contributed by atoms with E-state index in [0.717, 1.165) is 5.56 Å². The molecule has 2 N–H and O–H groups in total. The van der Waals surface area contributed by atoms with Gasteiger partial charge in [0.1, 0.15) is 18.2 Å². The van der Waals surface area contributed by atoms with Crippen molar-refractivity contribution < 1.29 is 19.0 Å². The summed E-state index contributed by atoms with van der Waals surface area (Å²) in [5, 5.41) is 13.0. The molecule has 0 aliphatic rings. The van der Waals surface area contributed by atoms with E-state index in [1.807, 2.05) is 24.3 Å². The molecule has 0 saturated carbocycles. The predicted octanol–water partition coefficient (Wildman–Crippen LogP) is 6.02. The summed E-state index contributed by atoms with van der Waals surface area (Å²) in [6.07, 6.45) is 0. The third-order valence-electron chi connectivity index (χ3n) is 4.03. The lowest BCUT2D eigenvalue weighted by molar-refractivity contribution is 0.0697. The molecule has 0 amide bonds. The third kappa shape index (κ3) is 5.15. The number of anilines is 1. The molecule has 0 aliphatic heterocycles. The molecule has 0 fully saturated rings. The third-order valence-corrected chi connectivity index (χ3v) is 4.71. The number of rotatable bonds is 7. The summed E-state index contributed by atoms with van der Waals surface area (Å²) in [5.41, 5.74) is 2.37. The van der Waals surface area contributed by atoms with E-state index < -0.39 is 5.97 Å². The molecule has 0 radical (unpaired) electrons. The molecule has 4 nitrogen and oxygen atoms in total. The van der Waals surface area contributed by atoms with Crippen LogP contribution in [0.5, 0.6) is 5.75 Å². The smallest absolute Gasteiger partial charge is 0.335 e. The number of aromatic carboxylic acids is 1. The number of nitrogens with one attached hydrogen (secondary N) is 1. The molecule has 3 aromatic rings. The Morgan fingerprint density at radius 2 is 1.75 bits per heavy atom. The number of halogens is 3. The number of hydrogen-bond acceptors (Lipinski definition) is 3. The minimum atomic E-state index is -1.01. The quantitative estimate of drug-likeness (QED) is 0.491. The van der Waals surface area contributed by atoms with Crippen molar-refractivity contribution in [2.45, 2.75) is 13.2 Å². The molecule has 0 bridgehead atoms. The van der Waals surface area contributed by atoms with Gasteiger partial charge in [-0.2, -0.15) is 0 Å². The molecular weight excluding hydrogens is 404 g/mol. The van der Waals surface area contributed by atoms with Crippen LogP contribution in [0.15, 0.2) is 60.7 Å². The summed E-state index contributed by atoms with van der Waals surface area (Å²) in [7, 11) is 0. The molecule has 3 aromatic carbocycles. The Morgan fingerprint density at radius 1 is 1.00 bits per heavy atom. The number of carboxylic acid groups (broad SMARTS) is 1. The largest absolute Gasteiger partial charge is 0.489 e. The first kappa shape index (κ1) is 20.0. The lowest BCUT2D eigenvalue weighted by atomic mass is 10.1. The second kappa shape index (κ2) is 8.95. The van der Waals surface area contributed by atoms with Gasteiger partial charge in [0, 0.05) is 12.1 Å². The minimum Gasteiger partial charge on any atom is -0.489 e. The highest BCUT2D eigenvalue weighted by molar-refractivity contribution is 6.33. The van der Waals surface area contributed by atoms with Gasteiger partial charge in [-0.05, 0) is 48.0 Å². The van der Waals surface area contributed by atoms with Crippen LogP contribution in [0.25, 0.3) is 0 Å². The van der Waals surface area contributed by atoms with Crippen molar-refractivity contribution in [2.24, 2.45) is 0 Å². The number of ether oxygens (including phenoxy) is 1. The van der Waals surface area contributed by atoms with E-state index in [2.05, 4.69) is 5.32 Å². The van der Waals surface area contributed by atoms with Gasteiger partial charge in [-0.15, -0.1) is 0 Å². The van der Waals surface area contributed by atoms with Gasteiger partial charge in [0.05, 0.1) is 21.3 Å². The summed E-state index contributed by atoms with van der Waals surface area (Å²) >= 11 is 12.1. The second-order valence-corrected chi connectivity index (χ2v) is 6.84. The van der Waals surface area contributed by atoms with Crippen molar-refractivity contribution in [1.82, 2.24) is 0 Å². The molecule has 0 spiro atoms. The maximum absolute atomic E-state index is 13.1. The summed E-state index contributed by atoms with van der Waals surface area (Å²) in [6, 6.07) is 16.0. The van der Waals surface area contributed by atoms with Crippen molar-refractivity contribution in [3.63, 3.8) is 0 Å². The van der Waals surface area contributed by atoms with Crippen molar-refractivity contribution in [3.8, 4) is 5.75 Å². The Labute approximate surface area is 171 Å². The molecule has 3 rings (SSSR count). The first-order chi connectivity index (χ1) is 13.4. The highest BCUT2D eigenvalue weighted by atomic mass is 35.5. The van der Waals surface area contributed by atoms with Gasteiger partial charge < -0.3 is 15.2 Å². The number of carbonyl (C=O) groups is 1. The van der Waals surface area contributed by atoms with E-state index in [1.54, 1.807) is 12.1 Å². The summed E-state index contributed by atoms with van der Waals surface area (Å²) in [5.74, 6) is -0.753. The topological polar surface area (TPSA) is 58.6 Å². The van der Waals surface area contributed by atoms with Crippen LogP contribution < -0.4 is 10.1 Å². The summed E-state index contributed by atoms with van der Waals surface area (Å²) in [6.45, 7) is 0.696. The lowest BCUT2D eigenvalue weighted by Gasteiger charge is -2.11. The molecular formula is C21H16Cl2FNO3. The van der Waals surface area contributed by atoms with Gasteiger partial charge >= 0.3 is 5.97 Å². The first-order valence-corrected chi connectivity index (χ1v) is 9.10. The van der Waals surface area contributed by atoms with Crippen LogP contribution in [-0.4, -0.2) is 11.1 Å². The zero-order valence-corrected chi connectivity index (χ0v) is 16.1. The van der Waals surface area contributed by atoms with Crippen molar-refractivity contribution in [1.29, 1.82) is 0 Å². The van der Waals surface area contributed by atoms with E-state index in [0.29, 0.717) is 33.6 Å². The Balaban J connectivity index is 1.59. The van der Waals surface area contributed by atoms with Crippen LogP contribution in [-0.2, 0) is 13.2 Å². The van der Waals surface area contributed by atoms with Crippen LogP contribution in [0.3, 0.4) is 0 Å². The lowest BCUT2D eigenvalue weighted by Crippen LogP contribution is -2.03. The molecule has 0 atom stereocenters. The minimum absolute atomic E-state index is 0.162. The van der Waals surface area contributed by atoms with E-state index in [1.165, 1.54) is 24.3 Å². The maximum atomic E-state index is 13.1. The van der Waals surface area contributed by atoms with Gasteiger partial charge in [0.25, 0.3) is 0 Å². The van der Waals surface area contributed by atoms with Crippen LogP contribution >= 0.6 is 23.2 Å². The standard InChI is InChI=1S/C21H16Cl2FNO3/c22-18-8-4-14(21(26)27)9-20(18)25-11-13-1-6-17(7-2-13)28-12-15-3-5-16(24)10-19(15)23/h1-10,25H,11-12H2,(H,26,27). The molecule has 0 aliphatic carbocycles. The molecule has 0 heterocycles. The molecule has 144 valence electrons. The fraction of sp³-hybridized carbons (Fsp3) is 0.0952. The average molecular weight is 420 g/mol. The van der Waals surface area contributed by atoms with E-state index in [9.17, 15) is 9.18 Å². The molecule has 0 aromatic heterocycles. The summed E-state index contributed by atoms with van der Waals surface area (Å²) < 4.78 is 18.7. The summed E-state index contributed by atoms with van der Waals surface area (Å²) in [4.78, 5) is 11.1. The first-order valence-electron chi connectivity index (χ1n) is 8.35. The van der Waals surface area contributed by atoms with Gasteiger partial charge in [0.2, 0.25) is 0 Å². The highest BCUT2D eigenvalue weighted by Crippen LogP contribution is 2.24. The number of carboxylic acids is 1. The monoisotopic (exact) mass is 419 g/mol. The zero-order valence-electron chi connectivity index (χ0n) is 14.6. The van der Waals surface area contributed by atoms with Crippen molar-refractivity contribution >= 4 is 34.9 Å². The zero-order chi connectivity index (χ0) is 20.1. The average Bonchev–Trinajstić information content (AvgIpc) is 2.67. The molecule has 7 heteroatoms. The van der Waals surface area contributed by atoms with Crippen LogP contribution in [0.2, 0.25) is 10.0 Å². The van der Waals surface area contributed by atoms with Gasteiger partial charge in [-0.1, -0.05) is 41.4 Å². The van der Waals surface area contributed by atoms with Gasteiger partial charge in [0.15, 0.2) is 0 Å². The van der Waals surface area contributed by atoms with E-state index in [4.69, 9.17) is 33.0 Å². The Kier molecular flexibility index (Phi) is 6.39. The Morgan fingerprint density at radius 3 is 2.43 bits per heavy atom. The number of benzene rings is 3. The predicted molar refractivity (Wildman–Crippen MR) is 108 cm³/mol. The van der Waals surface area contributed by atoms with Gasteiger partial charge in [-0.25, -0.2) is 9.18 Å². The van der Waals surface area contributed by atoms with E-state index >= 15 is 0 Å². The fourth-order valence-corrected chi connectivity index (χ4v) is 2.90. The van der Waals surface area contributed by atoms with Gasteiger partial charge in [-0.3, -0.25) is 0 Å². The number of hydrogen-bond donors (Lipinski definition) is 2. The van der Waals surface area contributed by atoms with E-state index in [-0.39, 0.29) is 18.0 Å². The van der Waals surface area contributed by atoms with Crippen molar-refractivity contribution in [2.75, 3.05) is 5.32 Å². The molecule has 28 heavy (non-hydrogen) atoms. The Hall–Kier alpha value is -2.76. The van der Waals surface area contributed by atoms with Crippen LogP contribution in [0.1, 0.15) is 21.5 Å². The fourth-order valence-electron chi connectivity index (χ4n) is 2.49. The maximum Gasteiger partial charge on any atom is 0.335 e. The second-order valence-electron chi connectivity index (χ2n) is 6.02.